The highest BCUT2D eigenvalue weighted by Gasteiger charge is 2.66. The van der Waals surface area contributed by atoms with E-state index in [1.165, 1.54) is 5.19 Å². The number of nitrogens with zero attached hydrogens (tertiary/aromatic N) is 5. The lowest BCUT2D eigenvalue weighted by molar-refractivity contribution is -0.146. The first-order chi connectivity index (χ1) is 25.1. The number of aromatic nitrogens is 3. The molecule has 274 valence electrons. The second kappa shape index (κ2) is 14.5. The highest BCUT2D eigenvalue weighted by molar-refractivity contribution is 6.91. The number of fused-ring (bicyclic) bond motifs is 2. The fraction of sp³-hybridized carbons (Fsp3) is 0.450. The van der Waals surface area contributed by atoms with Crippen LogP contribution in [-0.2, 0) is 39.4 Å². The van der Waals surface area contributed by atoms with Gasteiger partial charge in [0.05, 0.1) is 46.3 Å². The number of aliphatic hydroxyl groups excluding tert-OH is 1. The Kier molecular flexibility index (Phi) is 9.99. The summed E-state index contributed by atoms with van der Waals surface area (Å²) in [5.41, 5.74) is 3.00. The maximum absolute atomic E-state index is 15.3. The smallest absolute Gasteiger partial charge is 0.264 e. The number of carbonyl (C=O) groups excluding carboxylic acids is 2. The molecule has 1 aromatic heterocycles. The number of rotatable bonds is 12. The minimum Gasteiger partial charge on any atom is -0.497 e. The molecular weight excluding hydrogens is 675 g/mol. The predicted octanol–water partition coefficient (Wildman–Crippen LogP) is 5.20. The highest BCUT2D eigenvalue weighted by Crippen LogP contribution is 2.60. The van der Waals surface area contributed by atoms with Crippen molar-refractivity contribution in [1.82, 2.24) is 15.0 Å². The number of amides is 2. The first-order valence-electron chi connectivity index (χ1n) is 18.3. The molecule has 0 unspecified atom stereocenters. The molecular formula is C40H49N5O6Si. The van der Waals surface area contributed by atoms with Crippen molar-refractivity contribution >= 4 is 36.4 Å². The SMILES string of the molecule is COc1ccc([Si](C)(C)[C@H]2[C@H](CCn3cc(CCO)nn3)O[C@@]3(C(=O)N(Cc4cccc(N5CCCCC5=O)c4)c4ccc(OC)cc43)[C@@H]2C)cc1. The van der Waals surface area contributed by atoms with Crippen molar-refractivity contribution in [2.45, 2.75) is 82.5 Å². The Bertz CT molecular complexity index is 1930. The van der Waals surface area contributed by atoms with Crippen LogP contribution in [0.15, 0.2) is 72.9 Å². The molecule has 0 bridgehead atoms. The van der Waals surface area contributed by atoms with Gasteiger partial charge in [-0.2, -0.15) is 0 Å². The second-order valence-corrected chi connectivity index (χ2v) is 19.5. The van der Waals surface area contributed by atoms with Gasteiger partial charge in [-0.05, 0) is 72.8 Å². The average molecular weight is 724 g/mol. The van der Waals surface area contributed by atoms with Gasteiger partial charge in [-0.25, -0.2) is 0 Å². The largest absolute Gasteiger partial charge is 0.497 e. The fourth-order valence-electron chi connectivity index (χ4n) is 8.87. The number of hydrogen-bond donors (Lipinski definition) is 1. The molecule has 3 aliphatic rings. The summed E-state index contributed by atoms with van der Waals surface area (Å²) in [7, 11) is 0.968. The van der Waals surface area contributed by atoms with Crippen LogP contribution < -0.4 is 24.5 Å². The molecule has 0 radical (unpaired) electrons. The summed E-state index contributed by atoms with van der Waals surface area (Å²) in [6.07, 6.45) is 5.14. The Morgan fingerprint density at radius 3 is 2.50 bits per heavy atom. The molecule has 4 aromatic rings. The first-order valence-corrected chi connectivity index (χ1v) is 21.4. The maximum atomic E-state index is 15.3. The third kappa shape index (κ3) is 6.30. The van der Waals surface area contributed by atoms with Crippen LogP contribution >= 0.6 is 0 Å². The molecule has 3 aliphatic heterocycles. The molecule has 52 heavy (non-hydrogen) atoms. The Balaban J connectivity index is 1.27. The van der Waals surface area contributed by atoms with E-state index < -0.39 is 13.7 Å². The number of methoxy groups -OCH3 is 2. The Hall–Kier alpha value is -4.52. The summed E-state index contributed by atoms with van der Waals surface area (Å²) in [5.74, 6) is 1.35. The van der Waals surface area contributed by atoms with Crippen LogP contribution in [-0.4, -0.2) is 73.5 Å². The van der Waals surface area contributed by atoms with E-state index in [0.717, 1.165) is 46.8 Å². The van der Waals surface area contributed by atoms with Crippen molar-refractivity contribution < 1.29 is 28.9 Å². The lowest BCUT2D eigenvalue weighted by Gasteiger charge is -2.37. The summed E-state index contributed by atoms with van der Waals surface area (Å²) in [4.78, 5) is 31.8. The van der Waals surface area contributed by atoms with Crippen LogP contribution in [0.3, 0.4) is 0 Å². The molecule has 4 atom stereocenters. The number of aliphatic hydroxyl groups is 1. The number of anilines is 2. The van der Waals surface area contributed by atoms with Crippen molar-refractivity contribution in [2.75, 3.05) is 37.2 Å². The Morgan fingerprint density at radius 1 is 1.00 bits per heavy atom. The lowest BCUT2D eigenvalue weighted by Crippen LogP contribution is -2.51. The average Bonchev–Trinajstić information content (AvgIpc) is 3.80. The lowest BCUT2D eigenvalue weighted by atomic mass is 9.82. The number of ether oxygens (including phenoxy) is 3. The van der Waals surface area contributed by atoms with Crippen LogP contribution in [0.2, 0.25) is 18.6 Å². The van der Waals surface area contributed by atoms with Gasteiger partial charge in [-0.3, -0.25) is 14.3 Å². The zero-order valence-corrected chi connectivity index (χ0v) is 31.7. The van der Waals surface area contributed by atoms with Gasteiger partial charge >= 0.3 is 0 Å². The van der Waals surface area contributed by atoms with Gasteiger partial charge in [0.25, 0.3) is 5.91 Å². The minimum absolute atomic E-state index is 0.0103. The number of piperidine rings is 1. The molecule has 2 amide bonds. The van der Waals surface area contributed by atoms with Crippen LogP contribution in [0.4, 0.5) is 11.4 Å². The van der Waals surface area contributed by atoms with Gasteiger partial charge in [-0.15, -0.1) is 5.10 Å². The quantitative estimate of drug-likeness (QED) is 0.198. The molecule has 12 heteroatoms. The third-order valence-electron chi connectivity index (χ3n) is 11.5. The van der Waals surface area contributed by atoms with E-state index >= 15 is 4.79 Å². The van der Waals surface area contributed by atoms with Gasteiger partial charge in [0.1, 0.15) is 11.5 Å². The molecule has 3 aromatic carbocycles. The Labute approximate surface area is 306 Å². The summed E-state index contributed by atoms with van der Waals surface area (Å²) in [6, 6.07) is 22.2. The molecule has 1 N–H and O–H groups in total. The van der Waals surface area contributed by atoms with E-state index in [4.69, 9.17) is 14.2 Å². The normalized spacial score (nSPS) is 23.1. The van der Waals surface area contributed by atoms with Gasteiger partial charge in [0, 0.05) is 55.9 Å². The van der Waals surface area contributed by atoms with Crippen LogP contribution in [0.25, 0.3) is 0 Å². The first kappa shape index (κ1) is 35.9. The fourth-order valence-corrected chi connectivity index (χ4v) is 12.9. The van der Waals surface area contributed by atoms with Crippen molar-refractivity contribution in [3.63, 3.8) is 0 Å². The van der Waals surface area contributed by atoms with Crippen LogP contribution in [0, 0.1) is 5.92 Å². The van der Waals surface area contributed by atoms with Gasteiger partial charge in [-0.1, -0.05) is 54.7 Å². The van der Waals surface area contributed by atoms with Crippen molar-refractivity contribution in [3.8, 4) is 11.5 Å². The van der Waals surface area contributed by atoms with E-state index in [-0.39, 0.29) is 36.0 Å². The topological polar surface area (TPSA) is 119 Å². The van der Waals surface area contributed by atoms with Gasteiger partial charge in [0.15, 0.2) is 5.60 Å². The van der Waals surface area contributed by atoms with E-state index in [0.29, 0.717) is 44.6 Å². The summed E-state index contributed by atoms with van der Waals surface area (Å²) < 4.78 is 20.3. The molecule has 7 rings (SSSR count). The summed E-state index contributed by atoms with van der Waals surface area (Å²) >= 11 is 0. The molecule has 0 aliphatic carbocycles. The van der Waals surface area contributed by atoms with E-state index in [1.54, 1.807) is 14.2 Å². The van der Waals surface area contributed by atoms with Crippen molar-refractivity contribution in [1.29, 1.82) is 0 Å². The van der Waals surface area contributed by atoms with Crippen molar-refractivity contribution in [3.05, 3.63) is 89.7 Å². The highest BCUT2D eigenvalue weighted by atomic mass is 28.3. The van der Waals surface area contributed by atoms with Crippen molar-refractivity contribution in [2.24, 2.45) is 5.92 Å². The van der Waals surface area contributed by atoms with Crippen LogP contribution in [0.5, 0.6) is 11.5 Å². The third-order valence-corrected chi connectivity index (χ3v) is 15.9. The molecule has 2 saturated heterocycles. The minimum atomic E-state index is -2.35. The summed E-state index contributed by atoms with van der Waals surface area (Å²) in [5, 5.41) is 19.2. The number of hydrogen-bond acceptors (Lipinski definition) is 8. The molecule has 11 nitrogen and oxygen atoms in total. The zero-order valence-electron chi connectivity index (χ0n) is 30.7. The Morgan fingerprint density at radius 2 is 1.77 bits per heavy atom. The molecule has 2 fully saturated rings. The van der Waals surface area contributed by atoms with E-state index in [9.17, 15) is 9.90 Å². The number of benzene rings is 3. The molecule has 0 saturated carbocycles. The predicted molar refractivity (Wildman–Crippen MR) is 202 cm³/mol. The number of carbonyl (C=O) groups is 2. The second-order valence-electron chi connectivity index (χ2n) is 14.8. The van der Waals surface area contributed by atoms with Crippen LogP contribution in [0.1, 0.15) is 49.4 Å². The summed E-state index contributed by atoms with van der Waals surface area (Å²) in [6.45, 7) is 8.54. The van der Waals surface area contributed by atoms with E-state index in [2.05, 4.69) is 42.5 Å². The zero-order chi connectivity index (χ0) is 36.6. The van der Waals surface area contributed by atoms with Gasteiger partial charge in [0.2, 0.25) is 5.91 Å². The number of aryl methyl sites for hydroxylation is 1. The van der Waals surface area contributed by atoms with Gasteiger partial charge < -0.3 is 29.1 Å². The monoisotopic (exact) mass is 723 g/mol. The molecule has 4 heterocycles. The maximum Gasteiger partial charge on any atom is 0.264 e. The van der Waals surface area contributed by atoms with E-state index in [1.807, 2.05) is 75.3 Å². The standard InChI is InChI=1S/C40H49N5O6Si/c1-27-38(52(4,5)33-15-12-31(49-2)13-16-33)36(18-21-43-26-29(19-22-46)41-42-43)51-40(27)34-24-32(50-3)14-17-35(34)45(39(40)48)25-28-9-8-10-30(23-28)44-20-7-6-11-37(44)47/h8-10,12-17,23-24,26-27,36,38,46H,6-7,11,18-22,25H2,1-5H3/t27-,36+,38-,40+/m1/s1. The molecule has 1 spiro atoms.